The third-order valence-corrected chi connectivity index (χ3v) is 5.47. The Morgan fingerprint density at radius 2 is 1.92 bits per heavy atom. The van der Waals surface area contributed by atoms with Gasteiger partial charge < -0.3 is 10.1 Å². The number of carbonyl (C=O) groups is 3. The molecule has 1 aromatic carbocycles. The molecule has 0 aromatic heterocycles. The SMILES string of the molecule is C[C@H](OC(=O)C1C[C@H]2CCC[C@@H](C1)C2=O)C(=O)Nc1ccc(Cl)cc1F. The number of amides is 1. The number of carbonyl (C=O) groups excluding carboxylic acids is 3. The summed E-state index contributed by atoms with van der Waals surface area (Å²) in [7, 11) is 0. The molecule has 0 saturated heterocycles. The van der Waals surface area contributed by atoms with Crippen molar-refractivity contribution in [2.24, 2.45) is 17.8 Å². The van der Waals surface area contributed by atoms with Gasteiger partial charge in [0.1, 0.15) is 11.6 Å². The van der Waals surface area contributed by atoms with Crippen LogP contribution < -0.4 is 5.32 Å². The molecule has 0 heterocycles. The van der Waals surface area contributed by atoms with Gasteiger partial charge in [-0.25, -0.2) is 4.39 Å². The van der Waals surface area contributed by atoms with E-state index in [1.54, 1.807) is 0 Å². The molecule has 2 fully saturated rings. The van der Waals surface area contributed by atoms with Crippen molar-refractivity contribution < 1.29 is 23.5 Å². The first-order valence-electron chi connectivity index (χ1n) is 8.85. The van der Waals surface area contributed by atoms with Gasteiger partial charge in [-0.1, -0.05) is 18.0 Å². The number of fused-ring (bicyclic) bond motifs is 2. The Balaban J connectivity index is 1.57. The number of esters is 1. The lowest BCUT2D eigenvalue weighted by molar-refractivity contribution is -0.161. The third kappa shape index (κ3) is 4.06. The molecular formula is C19H21ClFNO4. The van der Waals surface area contributed by atoms with Gasteiger partial charge in [0.15, 0.2) is 6.10 Å². The lowest BCUT2D eigenvalue weighted by Gasteiger charge is -2.36. The largest absolute Gasteiger partial charge is 0.452 e. The van der Waals surface area contributed by atoms with Crippen molar-refractivity contribution in [2.75, 3.05) is 5.32 Å². The highest BCUT2D eigenvalue weighted by Crippen LogP contribution is 2.40. The number of rotatable bonds is 4. The van der Waals surface area contributed by atoms with Crippen LogP contribution >= 0.6 is 11.6 Å². The van der Waals surface area contributed by atoms with Gasteiger partial charge in [0.25, 0.3) is 5.91 Å². The van der Waals surface area contributed by atoms with Gasteiger partial charge in [0.2, 0.25) is 0 Å². The van der Waals surface area contributed by atoms with Crippen LogP contribution in [0.25, 0.3) is 0 Å². The zero-order valence-corrected chi connectivity index (χ0v) is 15.2. The predicted molar refractivity (Wildman–Crippen MR) is 94.2 cm³/mol. The van der Waals surface area contributed by atoms with Crippen molar-refractivity contribution in [3.05, 3.63) is 29.0 Å². The fraction of sp³-hybridized carbons (Fsp3) is 0.526. The van der Waals surface area contributed by atoms with Gasteiger partial charge in [-0.15, -0.1) is 0 Å². The second-order valence-electron chi connectivity index (χ2n) is 7.09. The molecule has 1 amide bonds. The summed E-state index contributed by atoms with van der Waals surface area (Å²) in [5.41, 5.74) is -0.0277. The molecule has 2 bridgehead atoms. The quantitative estimate of drug-likeness (QED) is 0.806. The highest BCUT2D eigenvalue weighted by atomic mass is 35.5. The van der Waals surface area contributed by atoms with Gasteiger partial charge in [-0.3, -0.25) is 14.4 Å². The number of hydrogen-bond donors (Lipinski definition) is 1. The van der Waals surface area contributed by atoms with Crippen molar-refractivity contribution >= 4 is 34.9 Å². The summed E-state index contributed by atoms with van der Waals surface area (Å²) in [5, 5.41) is 2.61. The number of nitrogens with one attached hydrogen (secondary N) is 1. The van der Waals surface area contributed by atoms with Gasteiger partial charge >= 0.3 is 5.97 Å². The lowest BCUT2D eigenvalue weighted by Crippen LogP contribution is -2.41. The zero-order chi connectivity index (χ0) is 18.8. The van der Waals surface area contributed by atoms with E-state index in [1.807, 2.05) is 0 Å². The highest BCUT2D eigenvalue weighted by Gasteiger charge is 2.42. The Labute approximate surface area is 156 Å². The smallest absolute Gasteiger partial charge is 0.309 e. The van der Waals surface area contributed by atoms with Crippen molar-refractivity contribution in [1.82, 2.24) is 0 Å². The van der Waals surface area contributed by atoms with Gasteiger partial charge in [0.05, 0.1) is 11.6 Å². The Kier molecular flexibility index (Phi) is 5.61. The number of hydrogen-bond acceptors (Lipinski definition) is 4. The molecule has 1 unspecified atom stereocenters. The first-order chi connectivity index (χ1) is 12.3. The van der Waals surface area contributed by atoms with Crippen LogP contribution in [0.15, 0.2) is 18.2 Å². The summed E-state index contributed by atoms with van der Waals surface area (Å²) in [6.45, 7) is 1.44. The molecule has 3 rings (SSSR count). The van der Waals surface area contributed by atoms with E-state index in [9.17, 15) is 18.8 Å². The van der Waals surface area contributed by atoms with Crippen LogP contribution in [0, 0.1) is 23.6 Å². The van der Waals surface area contributed by atoms with Crippen molar-refractivity contribution in [3.63, 3.8) is 0 Å². The van der Waals surface area contributed by atoms with Crippen LogP contribution in [-0.2, 0) is 19.1 Å². The van der Waals surface area contributed by atoms with Crippen LogP contribution in [0.4, 0.5) is 10.1 Å². The summed E-state index contributed by atoms with van der Waals surface area (Å²) in [6.07, 6.45) is 2.60. The zero-order valence-electron chi connectivity index (χ0n) is 14.5. The van der Waals surface area contributed by atoms with E-state index in [1.165, 1.54) is 19.1 Å². The molecule has 4 atom stereocenters. The number of anilines is 1. The van der Waals surface area contributed by atoms with E-state index in [4.69, 9.17) is 16.3 Å². The van der Waals surface area contributed by atoms with Crippen LogP contribution in [0.5, 0.6) is 0 Å². The predicted octanol–water partition coefficient (Wildman–Crippen LogP) is 3.74. The number of ketones is 1. The fourth-order valence-electron chi connectivity index (χ4n) is 3.82. The molecule has 140 valence electrons. The van der Waals surface area contributed by atoms with E-state index in [-0.39, 0.29) is 34.2 Å². The van der Waals surface area contributed by atoms with E-state index in [2.05, 4.69) is 5.32 Å². The molecule has 26 heavy (non-hydrogen) atoms. The van der Waals surface area contributed by atoms with Crippen LogP contribution in [0.1, 0.15) is 39.0 Å². The molecule has 2 aliphatic rings. The first kappa shape index (κ1) is 18.8. The maximum atomic E-state index is 13.8. The lowest BCUT2D eigenvalue weighted by atomic mass is 9.67. The van der Waals surface area contributed by atoms with Crippen molar-refractivity contribution in [2.45, 2.75) is 45.1 Å². The number of ether oxygens (including phenoxy) is 1. The summed E-state index contributed by atoms with van der Waals surface area (Å²) >= 11 is 5.68. The molecular weight excluding hydrogens is 361 g/mol. The molecule has 1 aromatic rings. The Hall–Kier alpha value is -1.95. The van der Waals surface area contributed by atoms with E-state index >= 15 is 0 Å². The minimum atomic E-state index is -1.06. The molecule has 0 spiro atoms. The highest BCUT2D eigenvalue weighted by molar-refractivity contribution is 6.30. The Bertz CT molecular complexity index is 722. The maximum Gasteiger partial charge on any atom is 0.309 e. The molecule has 2 aliphatic carbocycles. The average Bonchev–Trinajstić information content (AvgIpc) is 2.56. The van der Waals surface area contributed by atoms with Crippen molar-refractivity contribution in [3.8, 4) is 0 Å². The Morgan fingerprint density at radius 1 is 1.27 bits per heavy atom. The number of Topliss-reactive ketones (excluding diaryl/α,β-unsaturated/α-hetero) is 1. The van der Waals surface area contributed by atoms with Crippen molar-refractivity contribution in [1.29, 1.82) is 0 Å². The summed E-state index contributed by atoms with van der Waals surface area (Å²) in [4.78, 5) is 36.7. The second kappa shape index (κ2) is 7.74. The van der Waals surface area contributed by atoms with Gasteiger partial charge in [-0.05, 0) is 50.8 Å². The molecule has 5 nitrogen and oxygen atoms in total. The first-order valence-corrected chi connectivity index (χ1v) is 9.23. The summed E-state index contributed by atoms with van der Waals surface area (Å²) in [6, 6.07) is 3.89. The minimum absolute atomic E-state index is 0.0277. The van der Waals surface area contributed by atoms with E-state index in [0.29, 0.717) is 12.8 Å². The summed E-state index contributed by atoms with van der Waals surface area (Å²) in [5.74, 6) is -1.96. The standard InChI is InChI=1S/C19H21ClFNO4/c1-10(18(24)22-16-6-5-14(20)9-15(16)21)26-19(25)13-7-11-3-2-4-12(8-13)17(11)23/h5-6,9-13H,2-4,7-8H2,1H3,(H,22,24)/t10-,11-,12+,13?/m0/s1. The Morgan fingerprint density at radius 3 is 2.54 bits per heavy atom. The maximum absolute atomic E-state index is 13.8. The van der Waals surface area contributed by atoms with Crippen LogP contribution in [0.2, 0.25) is 5.02 Å². The molecule has 1 N–H and O–H groups in total. The minimum Gasteiger partial charge on any atom is -0.452 e. The number of benzene rings is 1. The molecule has 0 aliphatic heterocycles. The third-order valence-electron chi connectivity index (χ3n) is 5.23. The topological polar surface area (TPSA) is 72.5 Å². The molecule has 7 heteroatoms. The molecule has 2 saturated carbocycles. The van der Waals surface area contributed by atoms with Gasteiger partial charge in [0, 0.05) is 16.9 Å². The normalized spacial score (nSPS) is 26.1. The average molecular weight is 382 g/mol. The second-order valence-corrected chi connectivity index (χ2v) is 7.52. The van der Waals surface area contributed by atoms with Crippen LogP contribution in [-0.4, -0.2) is 23.8 Å². The monoisotopic (exact) mass is 381 g/mol. The number of halogens is 2. The fourth-order valence-corrected chi connectivity index (χ4v) is 3.98. The van der Waals surface area contributed by atoms with Gasteiger partial charge in [-0.2, -0.15) is 0 Å². The van der Waals surface area contributed by atoms with E-state index in [0.717, 1.165) is 25.3 Å². The van der Waals surface area contributed by atoms with Crippen LogP contribution in [0.3, 0.4) is 0 Å². The molecule has 0 radical (unpaired) electrons. The van der Waals surface area contributed by atoms with E-state index < -0.39 is 23.8 Å². The summed E-state index contributed by atoms with van der Waals surface area (Å²) < 4.78 is 19.0.